The first kappa shape index (κ1) is 17.2. The summed E-state index contributed by atoms with van der Waals surface area (Å²) >= 11 is 0. The molecule has 0 saturated carbocycles. The van der Waals surface area contributed by atoms with E-state index in [1.165, 1.54) is 0 Å². The summed E-state index contributed by atoms with van der Waals surface area (Å²) in [7, 11) is 0. The lowest BCUT2D eigenvalue weighted by Crippen LogP contribution is -2.40. The van der Waals surface area contributed by atoms with Gasteiger partial charge in [0.25, 0.3) is 0 Å². The fourth-order valence-electron chi connectivity index (χ4n) is 1.56. The molecule has 4 nitrogen and oxygen atoms in total. The molecule has 1 amide bonds. The van der Waals surface area contributed by atoms with Crippen LogP contribution in [0.3, 0.4) is 0 Å². The van der Waals surface area contributed by atoms with Crippen LogP contribution in [-0.2, 0) is 4.79 Å². The van der Waals surface area contributed by atoms with Crippen LogP contribution in [0.25, 0.3) is 0 Å². The summed E-state index contributed by atoms with van der Waals surface area (Å²) in [5.74, 6) is -0.561. The van der Waals surface area contributed by atoms with Crippen LogP contribution in [0.1, 0.15) is 32.1 Å². The molecule has 0 aliphatic heterocycles. The smallest absolute Gasteiger partial charge is 0.395 e. The van der Waals surface area contributed by atoms with Gasteiger partial charge in [-0.15, -0.1) is 0 Å². The molecule has 0 radical (unpaired) electrons. The molecular weight excluding hydrogens is 249 g/mol. The molecular formula is C11H21F3N2O2. The molecule has 0 saturated heterocycles. The number of nitrogens with two attached hydrogens (primary N) is 1. The lowest BCUT2D eigenvalue weighted by atomic mass is 10.1. The number of amides is 1. The molecule has 0 atom stereocenters. The van der Waals surface area contributed by atoms with Gasteiger partial charge >= 0.3 is 6.18 Å². The summed E-state index contributed by atoms with van der Waals surface area (Å²) in [5.41, 5.74) is 5.30. The van der Waals surface area contributed by atoms with Crippen molar-refractivity contribution in [2.45, 2.75) is 38.3 Å². The van der Waals surface area contributed by atoms with E-state index in [9.17, 15) is 18.0 Å². The Labute approximate surface area is 105 Å². The molecule has 3 N–H and O–H groups in total. The highest BCUT2D eigenvalue weighted by Crippen LogP contribution is 2.17. The van der Waals surface area contributed by atoms with Gasteiger partial charge in [0.15, 0.2) is 0 Å². The minimum Gasteiger partial charge on any atom is -0.395 e. The van der Waals surface area contributed by atoms with Gasteiger partial charge in [-0.05, 0) is 19.4 Å². The number of carbonyl (C=O) groups is 1. The number of rotatable bonds is 9. The quantitative estimate of drug-likeness (QED) is 0.620. The lowest BCUT2D eigenvalue weighted by molar-refractivity contribution is -0.162. The lowest BCUT2D eigenvalue weighted by Gasteiger charge is -2.23. The summed E-state index contributed by atoms with van der Waals surface area (Å²) in [6.07, 6.45) is -1.27. The Hall–Kier alpha value is -0.820. The van der Waals surface area contributed by atoms with Gasteiger partial charge in [0.2, 0.25) is 5.91 Å². The summed E-state index contributed by atoms with van der Waals surface area (Å²) < 4.78 is 36.6. The number of halogens is 3. The van der Waals surface area contributed by atoms with Crippen molar-refractivity contribution < 1.29 is 23.1 Å². The Morgan fingerprint density at radius 1 is 1.17 bits per heavy atom. The molecule has 18 heavy (non-hydrogen) atoms. The van der Waals surface area contributed by atoms with Crippen LogP contribution in [0.15, 0.2) is 0 Å². The Morgan fingerprint density at radius 2 is 1.78 bits per heavy atom. The van der Waals surface area contributed by atoms with Gasteiger partial charge in [0, 0.05) is 13.0 Å². The molecule has 0 rings (SSSR count). The normalized spacial score (nSPS) is 11.6. The third-order valence-corrected chi connectivity index (χ3v) is 2.44. The zero-order chi connectivity index (χ0) is 14.0. The van der Waals surface area contributed by atoms with E-state index in [0.29, 0.717) is 17.9 Å². The van der Waals surface area contributed by atoms with E-state index in [0.717, 1.165) is 19.3 Å². The van der Waals surface area contributed by atoms with Gasteiger partial charge in [-0.2, -0.15) is 13.2 Å². The second kappa shape index (κ2) is 9.16. The summed E-state index contributed by atoms with van der Waals surface area (Å²) in [4.78, 5) is 12.2. The van der Waals surface area contributed by atoms with E-state index < -0.39 is 25.2 Å². The maximum Gasteiger partial charge on any atom is 0.406 e. The molecule has 108 valence electrons. The number of aliphatic hydroxyl groups excluding tert-OH is 1. The molecule has 0 aromatic rings. The van der Waals surface area contributed by atoms with Crippen molar-refractivity contribution in [2.24, 2.45) is 5.73 Å². The van der Waals surface area contributed by atoms with Crippen LogP contribution in [0.2, 0.25) is 0 Å². The van der Waals surface area contributed by atoms with E-state index in [1.54, 1.807) is 0 Å². The number of unbranched alkanes of at least 4 members (excludes halogenated alkanes) is 3. The summed E-state index contributed by atoms with van der Waals surface area (Å²) in [6.45, 7) is -1.45. The molecule has 0 aliphatic carbocycles. The predicted molar refractivity (Wildman–Crippen MR) is 61.9 cm³/mol. The average molecular weight is 270 g/mol. The highest BCUT2D eigenvalue weighted by molar-refractivity contribution is 5.76. The second-order valence-electron chi connectivity index (χ2n) is 4.11. The van der Waals surface area contributed by atoms with Gasteiger partial charge in [-0.1, -0.05) is 12.8 Å². The van der Waals surface area contributed by atoms with Crippen molar-refractivity contribution in [3.05, 3.63) is 0 Å². The number of carbonyl (C=O) groups excluding carboxylic acids is 1. The molecule has 0 unspecified atom stereocenters. The Morgan fingerprint density at radius 3 is 2.28 bits per heavy atom. The van der Waals surface area contributed by atoms with Crippen molar-refractivity contribution in [3.63, 3.8) is 0 Å². The number of hydrogen-bond donors (Lipinski definition) is 2. The van der Waals surface area contributed by atoms with E-state index in [2.05, 4.69) is 0 Å². The summed E-state index contributed by atoms with van der Waals surface area (Å²) in [5, 5.41) is 8.65. The van der Waals surface area contributed by atoms with Crippen molar-refractivity contribution in [1.29, 1.82) is 0 Å². The van der Waals surface area contributed by atoms with Gasteiger partial charge < -0.3 is 15.7 Å². The van der Waals surface area contributed by atoms with Gasteiger partial charge in [-0.3, -0.25) is 4.79 Å². The minimum atomic E-state index is -4.43. The van der Waals surface area contributed by atoms with E-state index >= 15 is 0 Å². The minimum absolute atomic E-state index is 0.0840. The highest BCUT2D eigenvalue weighted by atomic mass is 19.4. The van der Waals surface area contributed by atoms with Gasteiger partial charge in [0.1, 0.15) is 6.54 Å². The first-order chi connectivity index (χ1) is 8.40. The van der Waals surface area contributed by atoms with Crippen molar-refractivity contribution in [1.82, 2.24) is 4.90 Å². The van der Waals surface area contributed by atoms with Gasteiger partial charge in [0.05, 0.1) is 6.61 Å². The van der Waals surface area contributed by atoms with Crippen LogP contribution < -0.4 is 5.73 Å². The number of aliphatic hydroxyl groups is 1. The maximum absolute atomic E-state index is 12.2. The first-order valence-corrected chi connectivity index (χ1v) is 6.06. The Balaban J connectivity index is 3.99. The van der Waals surface area contributed by atoms with E-state index in [-0.39, 0.29) is 13.0 Å². The van der Waals surface area contributed by atoms with Crippen LogP contribution in [0.5, 0.6) is 0 Å². The topological polar surface area (TPSA) is 66.6 Å². The molecule has 0 spiro atoms. The molecule has 7 heteroatoms. The molecule has 0 aliphatic rings. The van der Waals surface area contributed by atoms with E-state index in [4.69, 9.17) is 10.8 Å². The van der Waals surface area contributed by atoms with E-state index in [1.807, 2.05) is 0 Å². The van der Waals surface area contributed by atoms with Gasteiger partial charge in [-0.25, -0.2) is 0 Å². The fourth-order valence-corrected chi connectivity index (χ4v) is 1.56. The summed E-state index contributed by atoms with van der Waals surface area (Å²) in [6, 6.07) is 0. The molecule has 0 fully saturated rings. The fraction of sp³-hybridized carbons (Fsp3) is 0.909. The second-order valence-corrected chi connectivity index (χ2v) is 4.11. The standard InChI is InChI=1S/C11H21F3N2O2/c12-11(13,14)9-16(7-8-17)10(18)5-3-1-2-4-6-15/h17H,1-9,15H2. The third-order valence-electron chi connectivity index (χ3n) is 2.44. The first-order valence-electron chi connectivity index (χ1n) is 6.06. The maximum atomic E-state index is 12.2. The Kier molecular flexibility index (Phi) is 8.74. The third kappa shape index (κ3) is 9.23. The van der Waals surface area contributed by atoms with Crippen LogP contribution in [-0.4, -0.2) is 48.3 Å². The number of hydrogen-bond acceptors (Lipinski definition) is 3. The molecule has 0 aromatic carbocycles. The van der Waals surface area contributed by atoms with Crippen molar-refractivity contribution in [3.8, 4) is 0 Å². The SMILES string of the molecule is NCCCCCCC(=O)N(CCO)CC(F)(F)F. The molecule has 0 aromatic heterocycles. The molecule has 0 heterocycles. The number of alkyl halides is 3. The van der Waals surface area contributed by atoms with Crippen molar-refractivity contribution >= 4 is 5.91 Å². The highest BCUT2D eigenvalue weighted by Gasteiger charge is 2.32. The number of nitrogens with zero attached hydrogens (tertiary/aromatic N) is 1. The predicted octanol–water partition coefficient (Wildman–Crippen LogP) is 1.28. The van der Waals surface area contributed by atoms with Crippen LogP contribution in [0.4, 0.5) is 13.2 Å². The average Bonchev–Trinajstić information content (AvgIpc) is 2.26. The zero-order valence-electron chi connectivity index (χ0n) is 10.4. The largest absolute Gasteiger partial charge is 0.406 e. The monoisotopic (exact) mass is 270 g/mol. The van der Waals surface area contributed by atoms with Crippen molar-refractivity contribution in [2.75, 3.05) is 26.2 Å². The zero-order valence-corrected chi connectivity index (χ0v) is 10.4. The van der Waals surface area contributed by atoms with Crippen LogP contribution >= 0.6 is 0 Å². The Bertz CT molecular complexity index is 235. The molecule has 0 bridgehead atoms. The van der Waals surface area contributed by atoms with Crippen LogP contribution in [0, 0.1) is 0 Å².